The Morgan fingerprint density at radius 3 is 2.96 bits per heavy atom. The molecule has 2 N–H and O–H groups in total. The quantitative estimate of drug-likeness (QED) is 0.645. The molecule has 7 nitrogen and oxygen atoms in total. The average Bonchev–Trinajstić information content (AvgIpc) is 3.16. The molecule has 1 aliphatic heterocycles. The number of nitrogens with zero attached hydrogens (tertiary/aromatic N) is 5. The van der Waals surface area contributed by atoms with Crippen molar-refractivity contribution in [1.82, 2.24) is 25.4 Å². The predicted octanol–water partition coefficient (Wildman–Crippen LogP) is 2.06. The first-order valence-corrected chi connectivity index (χ1v) is 8.06. The molecule has 0 bridgehead atoms. The minimum absolute atomic E-state index is 0.500. The highest BCUT2D eigenvalue weighted by Gasteiger charge is 2.17. The van der Waals surface area contributed by atoms with Crippen molar-refractivity contribution in [3.05, 3.63) is 66.0 Å². The third kappa shape index (κ3) is 4.12. The maximum absolute atomic E-state index is 9.57. The van der Waals surface area contributed by atoms with Gasteiger partial charge in [-0.05, 0) is 37.1 Å². The largest absolute Gasteiger partial charge is 0.332 e. The zero-order chi connectivity index (χ0) is 17.5. The molecule has 0 atom stereocenters. The molecular formula is C18H19N7. The van der Waals surface area contributed by atoms with Gasteiger partial charge in [-0.2, -0.15) is 10.4 Å². The average molecular weight is 333 g/mol. The number of hydrogen-bond donors (Lipinski definition) is 2. The number of guanidine groups is 1. The maximum Gasteiger partial charge on any atom is 0.199 e. The Kier molecular flexibility index (Phi) is 5.22. The molecule has 3 heterocycles. The van der Waals surface area contributed by atoms with Gasteiger partial charge in [-0.1, -0.05) is 6.07 Å². The van der Waals surface area contributed by atoms with Crippen molar-refractivity contribution in [3.8, 4) is 6.07 Å². The number of allylic oxidation sites excluding steroid dienone is 2. The number of nitriles is 1. The van der Waals surface area contributed by atoms with Crippen molar-refractivity contribution < 1.29 is 0 Å². The Balaban J connectivity index is 1.72. The number of hydrogen-bond acceptors (Lipinski definition) is 4. The highest BCUT2D eigenvalue weighted by molar-refractivity contribution is 5.90. The summed E-state index contributed by atoms with van der Waals surface area (Å²) in [4.78, 5) is 8.79. The van der Waals surface area contributed by atoms with Gasteiger partial charge in [0.1, 0.15) is 11.6 Å². The van der Waals surface area contributed by atoms with Gasteiger partial charge < -0.3 is 10.6 Å². The van der Waals surface area contributed by atoms with Crippen LogP contribution in [0.2, 0.25) is 0 Å². The number of aliphatic imine (C=N–C) groups is 1. The summed E-state index contributed by atoms with van der Waals surface area (Å²) in [6.07, 6.45) is 8.10. The van der Waals surface area contributed by atoms with Gasteiger partial charge in [0.2, 0.25) is 0 Å². The topological polar surface area (TPSA) is 90.9 Å². The lowest BCUT2D eigenvalue weighted by Crippen LogP contribution is -2.39. The SMILES string of the molecule is CC1=CNC(=NCCCn2cccn2)N/C1=C(/C#N)c1ccccn1. The molecule has 0 aromatic carbocycles. The van der Waals surface area contributed by atoms with Crippen molar-refractivity contribution in [2.24, 2.45) is 4.99 Å². The smallest absolute Gasteiger partial charge is 0.199 e. The Hall–Kier alpha value is -3.40. The highest BCUT2D eigenvalue weighted by Crippen LogP contribution is 2.20. The van der Waals surface area contributed by atoms with Crippen LogP contribution in [-0.2, 0) is 6.54 Å². The van der Waals surface area contributed by atoms with E-state index < -0.39 is 0 Å². The van der Waals surface area contributed by atoms with Crippen molar-refractivity contribution in [3.63, 3.8) is 0 Å². The lowest BCUT2D eigenvalue weighted by molar-refractivity contribution is 0.584. The van der Waals surface area contributed by atoms with Gasteiger partial charge in [0.05, 0.1) is 11.4 Å². The Morgan fingerprint density at radius 2 is 2.24 bits per heavy atom. The van der Waals surface area contributed by atoms with Crippen LogP contribution in [0, 0.1) is 11.3 Å². The van der Waals surface area contributed by atoms with E-state index in [1.165, 1.54) is 0 Å². The summed E-state index contributed by atoms with van der Waals surface area (Å²) in [5.74, 6) is 0.629. The van der Waals surface area contributed by atoms with E-state index in [1.807, 2.05) is 48.3 Å². The third-order valence-electron chi connectivity index (χ3n) is 3.72. The van der Waals surface area contributed by atoms with E-state index >= 15 is 0 Å². The van der Waals surface area contributed by atoms with Crippen LogP contribution < -0.4 is 10.6 Å². The summed E-state index contributed by atoms with van der Waals surface area (Å²) in [6, 6.07) is 9.67. The van der Waals surface area contributed by atoms with E-state index in [4.69, 9.17) is 0 Å². The zero-order valence-corrected chi connectivity index (χ0v) is 14.0. The first kappa shape index (κ1) is 16.5. The molecule has 0 fully saturated rings. The third-order valence-corrected chi connectivity index (χ3v) is 3.72. The van der Waals surface area contributed by atoms with E-state index in [1.54, 1.807) is 12.4 Å². The minimum atomic E-state index is 0.500. The van der Waals surface area contributed by atoms with E-state index in [-0.39, 0.29) is 0 Å². The number of pyridine rings is 1. The monoisotopic (exact) mass is 333 g/mol. The van der Waals surface area contributed by atoms with Gasteiger partial charge in [0.15, 0.2) is 5.96 Å². The maximum atomic E-state index is 9.57. The summed E-state index contributed by atoms with van der Waals surface area (Å²) in [7, 11) is 0. The van der Waals surface area contributed by atoms with Crippen LogP contribution in [0.15, 0.2) is 65.3 Å². The number of nitrogens with one attached hydrogen (secondary N) is 2. The molecule has 0 aliphatic carbocycles. The van der Waals surface area contributed by atoms with Crippen LogP contribution in [0.3, 0.4) is 0 Å². The molecule has 0 saturated carbocycles. The van der Waals surface area contributed by atoms with E-state index in [0.717, 1.165) is 24.2 Å². The van der Waals surface area contributed by atoms with Crippen molar-refractivity contribution in [1.29, 1.82) is 5.26 Å². The summed E-state index contributed by atoms with van der Waals surface area (Å²) >= 11 is 0. The van der Waals surface area contributed by atoms with Crippen LogP contribution in [0.25, 0.3) is 5.57 Å². The van der Waals surface area contributed by atoms with E-state index in [9.17, 15) is 5.26 Å². The molecule has 25 heavy (non-hydrogen) atoms. The predicted molar refractivity (Wildman–Crippen MR) is 95.9 cm³/mol. The zero-order valence-electron chi connectivity index (χ0n) is 14.0. The van der Waals surface area contributed by atoms with Gasteiger partial charge >= 0.3 is 0 Å². The fourth-order valence-corrected chi connectivity index (χ4v) is 2.45. The number of rotatable bonds is 5. The van der Waals surface area contributed by atoms with Gasteiger partial charge in [0.25, 0.3) is 0 Å². The lowest BCUT2D eigenvalue weighted by Gasteiger charge is -2.21. The summed E-state index contributed by atoms with van der Waals surface area (Å²) in [5.41, 5.74) is 2.80. The second kappa shape index (κ2) is 7.93. The molecular weight excluding hydrogens is 314 g/mol. The fraction of sp³-hybridized carbons (Fsp3) is 0.222. The molecule has 3 rings (SSSR count). The van der Waals surface area contributed by atoms with Gasteiger partial charge in [0, 0.05) is 37.9 Å². The molecule has 0 unspecified atom stereocenters. The molecule has 0 radical (unpaired) electrons. The van der Waals surface area contributed by atoms with Gasteiger partial charge in [-0.25, -0.2) is 0 Å². The van der Waals surface area contributed by atoms with Crippen molar-refractivity contribution >= 4 is 11.5 Å². The summed E-state index contributed by atoms with van der Waals surface area (Å²) in [6.45, 7) is 3.41. The van der Waals surface area contributed by atoms with Crippen LogP contribution in [-0.4, -0.2) is 27.3 Å². The number of aryl methyl sites for hydroxylation is 1. The van der Waals surface area contributed by atoms with E-state index in [0.29, 0.717) is 23.8 Å². The lowest BCUT2D eigenvalue weighted by atomic mass is 10.1. The Morgan fingerprint density at radius 1 is 1.32 bits per heavy atom. The summed E-state index contributed by atoms with van der Waals surface area (Å²) in [5, 5.41) is 20.1. The van der Waals surface area contributed by atoms with Crippen LogP contribution in [0.4, 0.5) is 0 Å². The molecule has 126 valence electrons. The van der Waals surface area contributed by atoms with Crippen LogP contribution in [0.5, 0.6) is 0 Å². The molecule has 7 heteroatoms. The van der Waals surface area contributed by atoms with Crippen molar-refractivity contribution in [2.45, 2.75) is 19.9 Å². The standard InChI is InChI=1S/C18H19N7/c1-14-13-22-18(21-8-4-10-25-11-5-9-23-25)24-17(14)15(12-19)16-6-2-3-7-20-16/h2-3,5-7,9,11,13H,4,8,10H2,1H3,(H2,21,22,24)/b17-15-. The second-order valence-corrected chi connectivity index (χ2v) is 5.53. The highest BCUT2D eigenvalue weighted by atomic mass is 15.3. The van der Waals surface area contributed by atoms with Crippen molar-refractivity contribution in [2.75, 3.05) is 6.54 Å². The second-order valence-electron chi connectivity index (χ2n) is 5.53. The molecule has 2 aromatic heterocycles. The number of aromatic nitrogens is 3. The van der Waals surface area contributed by atoms with Gasteiger partial charge in [-0.3, -0.25) is 14.7 Å². The molecule has 0 spiro atoms. The minimum Gasteiger partial charge on any atom is -0.332 e. The molecule has 0 amide bonds. The molecule has 2 aromatic rings. The summed E-state index contributed by atoms with van der Waals surface area (Å²) < 4.78 is 1.88. The first-order chi connectivity index (χ1) is 12.3. The molecule has 0 saturated heterocycles. The van der Waals surface area contributed by atoms with Gasteiger partial charge in [-0.15, -0.1) is 0 Å². The molecule has 1 aliphatic rings. The first-order valence-electron chi connectivity index (χ1n) is 8.06. The fourth-order valence-electron chi connectivity index (χ4n) is 2.45. The Labute approximate surface area is 146 Å². The Bertz CT molecular complexity index is 839. The van der Waals surface area contributed by atoms with Crippen LogP contribution in [0.1, 0.15) is 19.0 Å². The normalized spacial score (nSPS) is 17.3. The van der Waals surface area contributed by atoms with E-state index in [2.05, 4.69) is 31.8 Å². The van der Waals surface area contributed by atoms with Crippen LogP contribution >= 0.6 is 0 Å².